The summed E-state index contributed by atoms with van der Waals surface area (Å²) >= 11 is 0. The Morgan fingerprint density at radius 3 is 2.76 bits per heavy atom. The maximum absolute atomic E-state index is 12.0. The second-order valence-electron chi connectivity index (χ2n) is 4.46. The van der Waals surface area contributed by atoms with Crippen molar-refractivity contribution in [3.63, 3.8) is 0 Å². The van der Waals surface area contributed by atoms with Gasteiger partial charge in [0.1, 0.15) is 12.9 Å². The number of rotatable bonds is 4. The van der Waals surface area contributed by atoms with E-state index in [0.29, 0.717) is 13.1 Å². The third-order valence-corrected chi connectivity index (χ3v) is 2.82. The highest BCUT2D eigenvalue weighted by Crippen LogP contribution is 2.06. The van der Waals surface area contributed by atoms with Gasteiger partial charge in [-0.25, -0.2) is 4.68 Å². The average Bonchev–Trinajstić information content (AvgIpc) is 2.99. The van der Waals surface area contributed by atoms with E-state index < -0.39 is 0 Å². The molecule has 0 aliphatic heterocycles. The molecule has 2 aromatic rings. The van der Waals surface area contributed by atoms with Crippen molar-refractivity contribution in [2.75, 3.05) is 13.6 Å². The Morgan fingerprint density at radius 1 is 1.38 bits per heavy atom. The zero-order valence-corrected chi connectivity index (χ0v) is 11.7. The Labute approximate surface area is 122 Å². The summed E-state index contributed by atoms with van der Waals surface area (Å²) < 4.78 is 1.39. The quantitative estimate of drug-likeness (QED) is 0.775. The lowest BCUT2D eigenvalue weighted by atomic mass is 10.1. The lowest BCUT2D eigenvalue weighted by Crippen LogP contribution is -2.30. The number of aromatic nitrogens is 4. The molecule has 2 N–H and O–H groups in total. The van der Waals surface area contributed by atoms with Crippen molar-refractivity contribution in [2.24, 2.45) is 5.73 Å². The van der Waals surface area contributed by atoms with Gasteiger partial charge in [-0.3, -0.25) is 4.79 Å². The number of nitrogens with zero attached hydrogens (tertiary/aromatic N) is 5. The van der Waals surface area contributed by atoms with Gasteiger partial charge in [-0.1, -0.05) is 24.0 Å². The van der Waals surface area contributed by atoms with Crippen LogP contribution in [0.2, 0.25) is 0 Å². The third kappa shape index (κ3) is 4.40. The van der Waals surface area contributed by atoms with E-state index in [-0.39, 0.29) is 12.5 Å². The van der Waals surface area contributed by atoms with Gasteiger partial charge in [-0.15, -0.1) is 5.10 Å². The normalized spacial score (nSPS) is 9.81. The molecule has 0 aliphatic rings. The molecule has 7 nitrogen and oxygen atoms in total. The Bertz CT molecular complexity index is 638. The van der Waals surface area contributed by atoms with Crippen LogP contribution >= 0.6 is 0 Å². The van der Waals surface area contributed by atoms with Gasteiger partial charge in [0, 0.05) is 19.2 Å². The van der Waals surface area contributed by atoms with Crippen LogP contribution in [0.4, 0.5) is 0 Å². The van der Waals surface area contributed by atoms with Gasteiger partial charge in [-0.05, 0) is 28.1 Å². The number of hydrogen-bond donors (Lipinski definition) is 1. The first-order chi connectivity index (χ1) is 10.2. The predicted molar refractivity (Wildman–Crippen MR) is 76.7 cm³/mol. The average molecular weight is 284 g/mol. The SMILES string of the molecule is CN(Cc1ccc(C#CCN)cc1)C(=O)Cn1cnnn1. The number of benzene rings is 1. The number of likely N-dealkylation sites (N-methyl/N-ethyl adjacent to an activating group) is 1. The van der Waals surface area contributed by atoms with Crippen LogP contribution in [0.3, 0.4) is 0 Å². The summed E-state index contributed by atoms with van der Waals surface area (Å²) in [5.41, 5.74) is 7.26. The summed E-state index contributed by atoms with van der Waals surface area (Å²) in [4.78, 5) is 13.6. The van der Waals surface area contributed by atoms with E-state index in [0.717, 1.165) is 11.1 Å². The molecular weight excluding hydrogens is 268 g/mol. The molecular formula is C14H16N6O. The van der Waals surface area contributed by atoms with Gasteiger partial charge >= 0.3 is 0 Å². The van der Waals surface area contributed by atoms with E-state index in [1.807, 2.05) is 24.3 Å². The fourth-order valence-corrected chi connectivity index (χ4v) is 1.72. The van der Waals surface area contributed by atoms with E-state index in [1.54, 1.807) is 11.9 Å². The van der Waals surface area contributed by atoms with Crippen molar-refractivity contribution >= 4 is 5.91 Å². The molecule has 1 aromatic heterocycles. The molecule has 0 fully saturated rings. The summed E-state index contributed by atoms with van der Waals surface area (Å²) in [7, 11) is 1.74. The smallest absolute Gasteiger partial charge is 0.244 e. The number of carbonyl (C=O) groups is 1. The largest absolute Gasteiger partial charge is 0.340 e. The van der Waals surface area contributed by atoms with E-state index in [9.17, 15) is 4.79 Å². The fraction of sp³-hybridized carbons (Fsp3) is 0.286. The lowest BCUT2D eigenvalue weighted by Gasteiger charge is -2.17. The monoisotopic (exact) mass is 284 g/mol. The topological polar surface area (TPSA) is 89.9 Å². The fourth-order valence-electron chi connectivity index (χ4n) is 1.72. The van der Waals surface area contributed by atoms with Crippen LogP contribution in [-0.4, -0.2) is 44.6 Å². The zero-order chi connectivity index (χ0) is 15.1. The van der Waals surface area contributed by atoms with Crippen LogP contribution in [0.15, 0.2) is 30.6 Å². The van der Waals surface area contributed by atoms with E-state index in [4.69, 9.17) is 5.73 Å². The van der Waals surface area contributed by atoms with Crippen molar-refractivity contribution in [1.29, 1.82) is 0 Å². The Hall–Kier alpha value is -2.72. The predicted octanol–water partition coefficient (Wildman–Crippen LogP) is -0.358. The maximum Gasteiger partial charge on any atom is 0.244 e. The number of nitrogens with two attached hydrogens (primary N) is 1. The molecule has 0 saturated carbocycles. The van der Waals surface area contributed by atoms with E-state index in [2.05, 4.69) is 27.4 Å². The van der Waals surface area contributed by atoms with Gasteiger partial charge in [0.05, 0.1) is 6.54 Å². The standard InChI is InChI=1S/C14H16N6O/c1-19(14(21)10-20-11-16-17-18-20)9-13-6-4-12(5-7-13)3-2-8-15/h4-7,11H,8-10,15H2,1H3. The molecule has 7 heteroatoms. The second kappa shape index (κ2) is 7.17. The minimum Gasteiger partial charge on any atom is -0.340 e. The molecule has 0 atom stereocenters. The number of carbonyl (C=O) groups excluding carboxylic acids is 1. The summed E-state index contributed by atoms with van der Waals surface area (Å²) in [6, 6.07) is 7.72. The van der Waals surface area contributed by atoms with Gasteiger partial charge in [-0.2, -0.15) is 0 Å². The third-order valence-electron chi connectivity index (χ3n) is 2.82. The molecule has 0 aliphatic carbocycles. The first kappa shape index (κ1) is 14.7. The maximum atomic E-state index is 12.0. The van der Waals surface area contributed by atoms with E-state index in [1.165, 1.54) is 11.0 Å². The second-order valence-corrected chi connectivity index (χ2v) is 4.46. The van der Waals surface area contributed by atoms with Crippen molar-refractivity contribution in [1.82, 2.24) is 25.1 Å². The van der Waals surface area contributed by atoms with Gasteiger partial charge < -0.3 is 10.6 Å². The summed E-state index contributed by atoms with van der Waals surface area (Å²) in [6.07, 6.45) is 1.41. The molecule has 21 heavy (non-hydrogen) atoms. The number of hydrogen-bond acceptors (Lipinski definition) is 5. The van der Waals surface area contributed by atoms with Crippen LogP contribution < -0.4 is 5.73 Å². The molecule has 1 heterocycles. The molecule has 108 valence electrons. The van der Waals surface area contributed by atoms with Gasteiger partial charge in [0.15, 0.2) is 0 Å². The van der Waals surface area contributed by atoms with Crippen LogP contribution in [0.1, 0.15) is 11.1 Å². The molecule has 0 spiro atoms. The molecule has 1 aromatic carbocycles. The van der Waals surface area contributed by atoms with Crippen LogP contribution in [-0.2, 0) is 17.9 Å². The minimum absolute atomic E-state index is 0.0608. The lowest BCUT2D eigenvalue weighted by molar-refractivity contribution is -0.131. The molecule has 0 bridgehead atoms. The molecule has 0 saturated heterocycles. The number of amides is 1. The Balaban J connectivity index is 1.92. The van der Waals surface area contributed by atoms with Crippen molar-refractivity contribution < 1.29 is 4.79 Å². The molecule has 1 amide bonds. The minimum atomic E-state index is -0.0608. The van der Waals surface area contributed by atoms with Crippen molar-refractivity contribution in [2.45, 2.75) is 13.1 Å². The van der Waals surface area contributed by atoms with Gasteiger partial charge in [0.2, 0.25) is 5.91 Å². The Morgan fingerprint density at radius 2 is 2.14 bits per heavy atom. The Kier molecular flexibility index (Phi) is 5.01. The highest BCUT2D eigenvalue weighted by atomic mass is 16.2. The summed E-state index contributed by atoms with van der Waals surface area (Å²) in [6.45, 7) is 0.991. The zero-order valence-electron chi connectivity index (χ0n) is 11.7. The van der Waals surface area contributed by atoms with Crippen LogP contribution in [0, 0.1) is 11.8 Å². The number of tetrazole rings is 1. The summed E-state index contributed by atoms with van der Waals surface area (Å²) in [5, 5.41) is 10.7. The van der Waals surface area contributed by atoms with Crippen LogP contribution in [0.25, 0.3) is 0 Å². The van der Waals surface area contributed by atoms with Crippen molar-refractivity contribution in [3.8, 4) is 11.8 Å². The first-order valence-electron chi connectivity index (χ1n) is 6.41. The van der Waals surface area contributed by atoms with E-state index >= 15 is 0 Å². The molecule has 2 rings (SSSR count). The first-order valence-corrected chi connectivity index (χ1v) is 6.41. The van der Waals surface area contributed by atoms with Crippen LogP contribution in [0.5, 0.6) is 0 Å². The van der Waals surface area contributed by atoms with Gasteiger partial charge in [0.25, 0.3) is 0 Å². The summed E-state index contributed by atoms with van der Waals surface area (Å²) in [5.74, 6) is 5.69. The van der Waals surface area contributed by atoms with Crippen molar-refractivity contribution in [3.05, 3.63) is 41.7 Å². The molecule has 0 unspecified atom stereocenters. The highest BCUT2D eigenvalue weighted by molar-refractivity contribution is 5.75. The molecule has 0 radical (unpaired) electrons. The highest BCUT2D eigenvalue weighted by Gasteiger charge is 2.10.